The van der Waals surface area contributed by atoms with Crippen molar-refractivity contribution in [2.24, 2.45) is 7.05 Å². The van der Waals surface area contributed by atoms with E-state index in [1.807, 2.05) is 31.3 Å². The molecular weight excluding hydrogens is 248 g/mol. The lowest BCUT2D eigenvalue weighted by molar-refractivity contribution is 0.292. The minimum absolute atomic E-state index is 0.479. The SMILES string of the molecule is Cc1ccc(OCc2nc3ccc(C)cc3n2C)cc1. The molecule has 0 radical (unpaired) electrons. The molecule has 102 valence electrons. The zero-order valence-electron chi connectivity index (χ0n) is 12.1. The van der Waals surface area contributed by atoms with E-state index in [1.165, 1.54) is 11.1 Å². The number of rotatable bonds is 3. The van der Waals surface area contributed by atoms with Gasteiger partial charge < -0.3 is 9.30 Å². The van der Waals surface area contributed by atoms with Gasteiger partial charge in [0.1, 0.15) is 18.2 Å². The second-order valence-electron chi connectivity index (χ2n) is 5.18. The maximum atomic E-state index is 5.80. The first kappa shape index (κ1) is 12.7. The molecule has 3 nitrogen and oxygen atoms in total. The van der Waals surface area contributed by atoms with E-state index >= 15 is 0 Å². The van der Waals surface area contributed by atoms with Crippen LogP contribution in [0.3, 0.4) is 0 Å². The Bertz CT molecular complexity index is 742. The smallest absolute Gasteiger partial charge is 0.147 e. The lowest BCUT2D eigenvalue weighted by Crippen LogP contribution is -2.03. The predicted molar refractivity (Wildman–Crippen MR) is 81.0 cm³/mol. The Labute approximate surface area is 118 Å². The molecule has 0 aliphatic rings. The average molecular weight is 266 g/mol. The zero-order chi connectivity index (χ0) is 14.1. The normalized spacial score (nSPS) is 10.9. The van der Waals surface area contributed by atoms with Crippen LogP contribution in [0.4, 0.5) is 0 Å². The maximum Gasteiger partial charge on any atom is 0.147 e. The van der Waals surface area contributed by atoms with E-state index in [1.54, 1.807) is 0 Å². The van der Waals surface area contributed by atoms with Gasteiger partial charge in [-0.05, 0) is 43.7 Å². The Kier molecular flexibility index (Phi) is 3.18. The van der Waals surface area contributed by atoms with Crippen molar-refractivity contribution in [1.29, 1.82) is 0 Å². The van der Waals surface area contributed by atoms with Crippen LogP contribution >= 0.6 is 0 Å². The number of hydrogen-bond acceptors (Lipinski definition) is 2. The molecule has 0 saturated carbocycles. The first-order chi connectivity index (χ1) is 9.63. The number of benzene rings is 2. The van der Waals surface area contributed by atoms with E-state index < -0.39 is 0 Å². The molecule has 1 heterocycles. The lowest BCUT2D eigenvalue weighted by Gasteiger charge is -2.06. The summed E-state index contributed by atoms with van der Waals surface area (Å²) in [5.41, 5.74) is 4.63. The van der Waals surface area contributed by atoms with Crippen molar-refractivity contribution in [2.45, 2.75) is 20.5 Å². The van der Waals surface area contributed by atoms with Crippen LogP contribution in [0.5, 0.6) is 5.75 Å². The van der Waals surface area contributed by atoms with Gasteiger partial charge in [-0.1, -0.05) is 23.8 Å². The fourth-order valence-corrected chi connectivity index (χ4v) is 2.26. The summed E-state index contributed by atoms with van der Waals surface area (Å²) in [6.07, 6.45) is 0. The molecule has 0 aliphatic carbocycles. The summed E-state index contributed by atoms with van der Waals surface area (Å²) in [4.78, 5) is 4.62. The van der Waals surface area contributed by atoms with Crippen LogP contribution in [0.2, 0.25) is 0 Å². The van der Waals surface area contributed by atoms with Crippen molar-refractivity contribution in [3.63, 3.8) is 0 Å². The topological polar surface area (TPSA) is 27.1 Å². The highest BCUT2D eigenvalue weighted by molar-refractivity contribution is 5.76. The molecule has 0 fully saturated rings. The molecule has 0 unspecified atom stereocenters. The summed E-state index contributed by atoms with van der Waals surface area (Å²) in [5.74, 6) is 1.81. The molecule has 0 saturated heterocycles. The number of aromatic nitrogens is 2. The third-order valence-electron chi connectivity index (χ3n) is 3.52. The van der Waals surface area contributed by atoms with Crippen molar-refractivity contribution >= 4 is 11.0 Å². The first-order valence-electron chi connectivity index (χ1n) is 6.75. The zero-order valence-corrected chi connectivity index (χ0v) is 12.1. The molecule has 2 aromatic carbocycles. The van der Waals surface area contributed by atoms with Gasteiger partial charge in [0.15, 0.2) is 0 Å². The molecule has 3 heteroatoms. The molecule has 0 amide bonds. The second kappa shape index (κ2) is 5.00. The molecule has 0 N–H and O–H groups in total. The van der Waals surface area contributed by atoms with E-state index in [4.69, 9.17) is 4.74 Å². The van der Waals surface area contributed by atoms with Crippen LogP contribution in [0.1, 0.15) is 17.0 Å². The van der Waals surface area contributed by atoms with E-state index in [9.17, 15) is 0 Å². The van der Waals surface area contributed by atoms with Crippen LogP contribution in [-0.4, -0.2) is 9.55 Å². The molecule has 20 heavy (non-hydrogen) atoms. The summed E-state index contributed by atoms with van der Waals surface area (Å²) in [7, 11) is 2.03. The van der Waals surface area contributed by atoms with E-state index in [0.29, 0.717) is 6.61 Å². The third kappa shape index (κ3) is 2.39. The first-order valence-corrected chi connectivity index (χ1v) is 6.75. The number of aryl methyl sites for hydroxylation is 3. The van der Waals surface area contributed by atoms with Crippen LogP contribution < -0.4 is 4.74 Å². The summed E-state index contributed by atoms with van der Waals surface area (Å²) in [6, 6.07) is 14.4. The average Bonchev–Trinajstić information content (AvgIpc) is 2.75. The van der Waals surface area contributed by atoms with Gasteiger partial charge in [-0.25, -0.2) is 4.98 Å². The van der Waals surface area contributed by atoms with Gasteiger partial charge in [-0.15, -0.1) is 0 Å². The molecule has 0 aliphatic heterocycles. The van der Waals surface area contributed by atoms with E-state index in [2.05, 4.69) is 41.6 Å². The monoisotopic (exact) mass is 266 g/mol. The molecule has 0 spiro atoms. The van der Waals surface area contributed by atoms with Crippen molar-refractivity contribution in [2.75, 3.05) is 0 Å². The van der Waals surface area contributed by atoms with Gasteiger partial charge in [0.25, 0.3) is 0 Å². The molecule has 0 atom stereocenters. The van der Waals surface area contributed by atoms with E-state index in [-0.39, 0.29) is 0 Å². The molecule has 3 rings (SSSR count). The summed E-state index contributed by atoms with van der Waals surface area (Å²) in [6.45, 7) is 4.64. The van der Waals surface area contributed by atoms with Crippen molar-refractivity contribution < 1.29 is 4.74 Å². The predicted octanol–water partition coefficient (Wildman–Crippen LogP) is 3.77. The minimum atomic E-state index is 0.479. The molecule has 1 aromatic heterocycles. The Morgan fingerprint density at radius 1 is 1.00 bits per heavy atom. The fourth-order valence-electron chi connectivity index (χ4n) is 2.26. The number of hydrogen-bond donors (Lipinski definition) is 0. The van der Waals surface area contributed by atoms with Crippen molar-refractivity contribution in [3.8, 4) is 5.75 Å². The molecular formula is C17H18N2O. The molecule has 0 bridgehead atoms. The Hall–Kier alpha value is -2.29. The molecule has 3 aromatic rings. The van der Waals surface area contributed by atoms with Gasteiger partial charge in [-0.2, -0.15) is 0 Å². The van der Waals surface area contributed by atoms with Crippen LogP contribution in [-0.2, 0) is 13.7 Å². The van der Waals surface area contributed by atoms with E-state index in [0.717, 1.165) is 22.6 Å². The van der Waals surface area contributed by atoms with Crippen molar-refractivity contribution in [3.05, 3.63) is 59.4 Å². The summed E-state index contributed by atoms with van der Waals surface area (Å²) >= 11 is 0. The summed E-state index contributed by atoms with van der Waals surface area (Å²) in [5, 5.41) is 0. The van der Waals surface area contributed by atoms with Gasteiger partial charge >= 0.3 is 0 Å². The van der Waals surface area contributed by atoms with Crippen LogP contribution in [0.25, 0.3) is 11.0 Å². The van der Waals surface area contributed by atoms with Gasteiger partial charge in [0.2, 0.25) is 0 Å². The highest BCUT2D eigenvalue weighted by Gasteiger charge is 2.08. The van der Waals surface area contributed by atoms with Crippen molar-refractivity contribution in [1.82, 2.24) is 9.55 Å². The number of imidazole rings is 1. The number of ether oxygens (including phenoxy) is 1. The summed E-state index contributed by atoms with van der Waals surface area (Å²) < 4.78 is 7.90. The van der Waals surface area contributed by atoms with Crippen LogP contribution in [0.15, 0.2) is 42.5 Å². The maximum absolute atomic E-state index is 5.80. The highest BCUT2D eigenvalue weighted by Crippen LogP contribution is 2.18. The second-order valence-corrected chi connectivity index (χ2v) is 5.18. The van der Waals surface area contributed by atoms with Gasteiger partial charge in [-0.3, -0.25) is 0 Å². The third-order valence-corrected chi connectivity index (χ3v) is 3.52. The van der Waals surface area contributed by atoms with Crippen LogP contribution in [0, 0.1) is 13.8 Å². The number of nitrogens with zero attached hydrogens (tertiary/aromatic N) is 2. The lowest BCUT2D eigenvalue weighted by atomic mass is 10.2. The fraction of sp³-hybridized carbons (Fsp3) is 0.235. The Morgan fingerprint density at radius 3 is 2.45 bits per heavy atom. The Balaban J connectivity index is 1.84. The standard InChI is InChI=1S/C17H18N2O/c1-12-4-7-14(8-5-12)20-11-17-18-15-9-6-13(2)10-16(15)19(17)3/h4-10H,11H2,1-3H3. The highest BCUT2D eigenvalue weighted by atomic mass is 16.5. The number of fused-ring (bicyclic) bond motifs is 1. The largest absolute Gasteiger partial charge is 0.486 e. The quantitative estimate of drug-likeness (QED) is 0.721. The Morgan fingerprint density at radius 2 is 1.70 bits per heavy atom. The van der Waals surface area contributed by atoms with Gasteiger partial charge in [0.05, 0.1) is 11.0 Å². The van der Waals surface area contributed by atoms with Gasteiger partial charge in [0, 0.05) is 7.05 Å². The minimum Gasteiger partial charge on any atom is -0.486 e.